The van der Waals surface area contributed by atoms with Crippen LogP contribution in [0.25, 0.3) is 0 Å². The third kappa shape index (κ3) is 1.83. The van der Waals surface area contributed by atoms with Gasteiger partial charge in [0.05, 0.1) is 17.6 Å². The van der Waals surface area contributed by atoms with Crippen molar-refractivity contribution < 1.29 is 9.13 Å². The zero-order valence-corrected chi connectivity index (χ0v) is 11.4. The van der Waals surface area contributed by atoms with E-state index in [0.29, 0.717) is 0 Å². The van der Waals surface area contributed by atoms with Crippen molar-refractivity contribution in [3.63, 3.8) is 0 Å². The highest BCUT2D eigenvalue weighted by Gasteiger charge is 2.57. The lowest BCUT2D eigenvalue weighted by Gasteiger charge is -2.57. The van der Waals surface area contributed by atoms with Gasteiger partial charge < -0.3 is 4.74 Å². The fraction of sp³-hybridized carbons (Fsp3) is 0.562. The minimum atomic E-state index is -0.250. The minimum Gasteiger partial charge on any atom is -0.373 e. The molecule has 3 rings (SSSR count). The predicted octanol–water partition coefficient (Wildman–Crippen LogP) is 3.50. The third-order valence-electron chi connectivity index (χ3n) is 4.79. The van der Waals surface area contributed by atoms with E-state index < -0.39 is 0 Å². The summed E-state index contributed by atoms with van der Waals surface area (Å²) in [6.45, 7) is 0.814. The van der Waals surface area contributed by atoms with Crippen LogP contribution in [0.1, 0.15) is 37.7 Å². The van der Waals surface area contributed by atoms with Crippen molar-refractivity contribution >= 4 is 6.21 Å². The quantitative estimate of drug-likeness (QED) is 0.747. The zero-order chi connectivity index (χ0) is 13.3. The van der Waals surface area contributed by atoms with E-state index in [-0.39, 0.29) is 16.8 Å². The van der Waals surface area contributed by atoms with Crippen LogP contribution in [-0.4, -0.2) is 25.5 Å². The van der Waals surface area contributed by atoms with Gasteiger partial charge in [-0.15, -0.1) is 0 Å². The maximum absolute atomic E-state index is 13.6. The number of aliphatic imine (C=N–C) groups is 1. The largest absolute Gasteiger partial charge is 0.373 e. The molecule has 0 radical (unpaired) electrons. The molecule has 0 amide bonds. The van der Waals surface area contributed by atoms with Gasteiger partial charge in [-0.3, -0.25) is 4.99 Å². The molecule has 0 N–H and O–H groups in total. The van der Waals surface area contributed by atoms with Crippen LogP contribution in [0.15, 0.2) is 29.3 Å². The number of halogens is 1. The topological polar surface area (TPSA) is 21.6 Å². The molecule has 1 unspecified atom stereocenters. The number of rotatable bonds is 2. The Morgan fingerprint density at radius 1 is 1.26 bits per heavy atom. The van der Waals surface area contributed by atoms with Gasteiger partial charge in [0.1, 0.15) is 5.82 Å². The molecule has 0 aromatic heterocycles. The normalized spacial score (nSPS) is 34.6. The fourth-order valence-corrected chi connectivity index (χ4v) is 3.81. The first-order valence-corrected chi connectivity index (χ1v) is 7.06. The lowest BCUT2D eigenvalue weighted by molar-refractivity contribution is -0.191. The highest BCUT2D eigenvalue weighted by molar-refractivity contribution is 5.76. The van der Waals surface area contributed by atoms with Gasteiger partial charge in [0.15, 0.2) is 0 Å². The maximum Gasteiger partial charge on any atom is 0.123 e. The first-order chi connectivity index (χ1) is 9.22. The fourth-order valence-electron chi connectivity index (χ4n) is 3.81. The SMILES string of the molecule is CN=C[C@]1(c2cccc(F)c2)CCCCC12CCO2. The summed E-state index contributed by atoms with van der Waals surface area (Å²) in [4.78, 5) is 4.29. The Morgan fingerprint density at radius 3 is 2.68 bits per heavy atom. The van der Waals surface area contributed by atoms with Crippen LogP contribution in [0.4, 0.5) is 4.39 Å². The Bertz CT molecular complexity index is 495. The molecule has 1 aromatic carbocycles. The van der Waals surface area contributed by atoms with E-state index in [0.717, 1.165) is 37.9 Å². The first kappa shape index (κ1) is 12.8. The molecule has 19 heavy (non-hydrogen) atoms. The molecule has 2 atom stereocenters. The van der Waals surface area contributed by atoms with Crippen molar-refractivity contribution in [3.05, 3.63) is 35.6 Å². The van der Waals surface area contributed by atoms with E-state index in [1.165, 1.54) is 12.5 Å². The van der Waals surface area contributed by atoms with Gasteiger partial charge in [0, 0.05) is 19.7 Å². The maximum atomic E-state index is 13.6. The predicted molar refractivity (Wildman–Crippen MR) is 74.3 cm³/mol. The second-order valence-electron chi connectivity index (χ2n) is 5.67. The van der Waals surface area contributed by atoms with Crippen LogP contribution in [0.2, 0.25) is 0 Å². The molecule has 0 bridgehead atoms. The molecular weight excluding hydrogens is 241 g/mol. The molecule has 1 aliphatic carbocycles. The number of nitrogens with zero attached hydrogens (tertiary/aromatic N) is 1. The second kappa shape index (κ2) is 4.71. The smallest absolute Gasteiger partial charge is 0.123 e. The third-order valence-corrected chi connectivity index (χ3v) is 4.79. The Morgan fingerprint density at radius 2 is 2.05 bits per heavy atom. The number of ether oxygens (including phenoxy) is 1. The van der Waals surface area contributed by atoms with E-state index in [1.807, 2.05) is 12.3 Å². The van der Waals surface area contributed by atoms with Crippen LogP contribution in [-0.2, 0) is 10.2 Å². The first-order valence-electron chi connectivity index (χ1n) is 7.06. The molecule has 1 saturated carbocycles. The van der Waals surface area contributed by atoms with Crippen molar-refractivity contribution in [3.8, 4) is 0 Å². The zero-order valence-electron chi connectivity index (χ0n) is 11.4. The number of hydrogen-bond donors (Lipinski definition) is 0. The molecule has 1 aromatic rings. The van der Waals surface area contributed by atoms with E-state index in [9.17, 15) is 4.39 Å². The van der Waals surface area contributed by atoms with Crippen LogP contribution < -0.4 is 0 Å². The lowest BCUT2D eigenvalue weighted by Crippen LogP contribution is -2.62. The highest BCUT2D eigenvalue weighted by atomic mass is 19.1. The Hall–Kier alpha value is -1.22. The minimum absolute atomic E-state index is 0.154. The highest BCUT2D eigenvalue weighted by Crippen LogP contribution is 2.53. The second-order valence-corrected chi connectivity index (χ2v) is 5.67. The molecule has 2 aliphatic rings. The average molecular weight is 261 g/mol. The summed E-state index contributed by atoms with van der Waals surface area (Å²) < 4.78 is 19.6. The van der Waals surface area contributed by atoms with E-state index in [2.05, 4.69) is 4.99 Å². The van der Waals surface area contributed by atoms with Crippen LogP contribution in [0.3, 0.4) is 0 Å². The van der Waals surface area contributed by atoms with Crippen molar-refractivity contribution in [2.45, 2.75) is 43.1 Å². The molecule has 3 heteroatoms. The Labute approximate surface area is 113 Å². The summed E-state index contributed by atoms with van der Waals surface area (Å²) in [6.07, 6.45) is 7.43. The summed E-state index contributed by atoms with van der Waals surface area (Å²) in [5, 5.41) is 0. The van der Waals surface area contributed by atoms with Crippen molar-refractivity contribution in [1.29, 1.82) is 0 Å². The Kier molecular flexibility index (Phi) is 3.17. The summed E-state index contributed by atoms with van der Waals surface area (Å²) in [7, 11) is 1.79. The summed E-state index contributed by atoms with van der Waals surface area (Å²) in [6, 6.07) is 6.95. The summed E-state index contributed by atoms with van der Waals surface area (Å²) in [5.74, 6) is -0.179. The van der Waals surface area contributed by atoms with Crippen molar-refractivity contribution in [2.24, 2.45) is 4.99 Å². The van der Waals surface area contributed by atoms with Gasteiger partial charge in [0.25, 0.3) is 0 Å². The standard InChI is InChI=1S/C16H20FNO/c1-18-12-15(13-5-4-6-14(17)11-13)7-2-3-8-16(15)9-10-19-16/h4-6,11-12H,2-3,7-10H2,1H3/t15-,16?/m0/s1. The summed E-state index contributed by atoms with van der Waals surface area (Å²) >= 11 is 0. The van der Waals surface area contributed by atoms with Crippen LogP contribution in [0.5, 0.6) is 0 Å². The summed E-state index contributed by atoms with van der Waals surface area (Å²) in [5.41, 5.74) is 0.608. The van der Waals surface area contributed by atoms with E-state index in [1.54, 1.807) is 19.2 Å². The average Bonchev–Trinajstić information content (AvgIpc) is 2.37. The van der Waals surface area contributed by atoms with E-state index >= 15 is 0 Å². The molecule has 2 fully saturated rings. The molecule has 102 valence electrons. The molecular formula is C16H20FNO. The van der Waals surface area contributed by atoms with Gasteiger partial charge in [-0.2, -0.15) is 0 Å². The van der Waals surface area contributed by atoms with Gasteiger partial charge in [0.2, 0.25) is 0 Å². The van der Waals surface area contributed by atoms with Gasteiger partial charge in [-0.25, -0.2) is 4.39 Å². The number of hydrogen-bond acceptors (Lipinski definition) is 2. The number of benzene rings is 1. The van der Waals surface area contributed by atoms with Crippen molar-refractivity contribution in [1.82, 2.24) is 0 Å². The van der Waals surface area contributed by atoms with E-state index in [4.69, 9.17) is 4.74 Å². The molecule has 1 aliphatic heterocycles. The van der Waals surface area contributed by atoms with Gasteiger partial charge in [-0.05, 0) is 30.5 Å². The van der Waals surface area contributed by atoms with Gasteiger partial charge in [-0.1, -0.05) is 25.0 Å². The molecule has 1 heterocycles. The van der Waals surface area contributed by atoms with Crippen molar-refractivity contribution in [2.75, 3.05) is 13.7 Å². The van der Waals surface area contributed by atoms with Gasteiger partial charge >= 0.3 is 0 Å². The monoisotopic (exact) mass is 261 g/mol. The molecule has 1 saturated heterocycles. The molecule has 2 nitrogen and oxygen atoms in total. The van der Waals surface area contributed by atoms with Crippen LogP contribution in [0, 0.1) is 5.82 Å². The van der Waals surface area contributed by atoms with Crippen LogP contribution >= 0.6 is 0 Å². The molecule has 1 spiro atoms. The lowest BCUT2D eigenvalue weighted by atomic mass is 9.57. The Balaban J connectivity index is 2.12.